The van der Waals surface area contributed by atoms with Crippen molar-refractivity contribution in [1.29, 1.82) is 0 Å². The molecule has 1 fully saturated rings. The van der Waals surface area contributed by atoms with E-state index in [0.717, 1.165) is 4.57 Å². The van der Waals surface area contributed by atoms with Crippen molar-refractivity contribution < 1.29 is 13.7 Å². The van der Waals surface area contributed by atoms with E-state index >= 15 is 0 Å². The number of fused-ring (bicyclic) bond motifs is 1. The first-order valence-corrected chi connectivity index (χ1v) is 6.44. The summed E-state index contributed by atoms with van der Waals surface area (Å²) in [6, 6.07) is 0.754. The number of carbonyl (C=O) groups is 2. The van der Waals surface area contributed by atoms with Gasteiger partial charge in [-0.15, -0.1) is 0 Å². The van der Waals surface area contributed by atoms with E-state index in [1.807, 2.05) is 0 Å². The molecule has 1 saturated carbocycles. The summed E-state index contributed by atoms with van der Waals surface area (Å²) in [7, 11) is 0. The number of nitrogen functional groups attached to an aromatic ring is 1. The van der Waals surface area contributed by atoms with Crippen molar-refractivity contribution in [2.45, 2.75) is 32.2 Å². The molecule has 0 radical (unpaired) electrons. The molecule has 0 saturated heterocycles. The first kappa shape index (κ1) is 10.3. The van der Waals surface area contributed by atoms with Crippen molar-refractivity contribution in [3.8, 4) is 0 Å². The van der Waals surface area contributed by atoms with Crippen LogP contribution in [0.2, 0.25) is 0 Å². The van der Waals surface area contributed by atoms with Crippen LogP contribution >= 0.6 is 0 Å². The number of aryl methyl sites for hydroxylation is 1. The third-order valence-corrected chi connectivity index (χ3v) is 3.48. The molecular formula is C15H15N3O3. The molecule has 1 aliphatic carbocycles. The Morgan fingerprint density at radius 3 is 3.05 bits per heavy atom. The highest BCUT2D eigenvalue weighted by atomic mass is 16.2. The van der Waals surface area contributed by atoms with Crippen molar-refractivity contribution in [1.82, 2.24) is 9.55 Å². The smallest absolute Gasteiger partial charge is 0.264 e. The lowest BCUT2D eigenvalue weighted by Gasteiger charge is -2.24. The Hall–Kier alpha value is -2.50. The van der Waals surface area contributed by atoms with Gasteiger partial charge in [0.25, 0.3) is 5.56 Å². The average molecular weight is 288 g/mol. The second-order valence-electron chi connectivity index (χ2n) is 4.87. The van der Waals surface area contributed by atoms with Crippen LogP contribution in [-0.4, -0.2) is 21.1 Å². The number of Topliss-reactive ketones (excluding diaryl/α,β-unsaturated/α-hetero) is 2. The molecule has 1 aromatic carbocycles. The van der Waals surface area contributed by atoms with E-state index < -0.39 is 42.4 Å². The third-order valence-electron chi connectivity index (χ3n) is 3.48. The van der Waals surface area contributed by atoms with E-state index in [4.69, 9.17) is 9.85 Å². The van der Waals surface area contributed by atoms with Gasteiger partial charge in [-0.2, -0.15) is 0 Å². The van der Waals surface area contributed by atoms with Crippen LogP contribution in [0, 0.1) is 6.92 Å². The van der Waals surface area contributed by atoms with Crippen LogP contribution in [0.1, 0.15) is 35.2 Å². The molecule has 0 bridgehead atoms. The summed E-state index contributed by atoms with van der Waals surface area (Å²) in [5.74, 6) is -1.19. The van der Waals surface area contributed by atoms with Gasteiger partial charge in [0, 0.05) is 13.5 Å². The van der Waals surface area contributed by atoms with Crippen molar-refractivity contribution in [2.24, 2.45) is 0 Å². The molecule has 1 aromatic heterocycles. The number of nitrogens with two attached hydrogens (primary N) is 1. The molecular weight excluding hydrogens is 270 g/mol. The summed E-state index contributed by atoms with van der Waals surface area (Å²) in [6.45, 7) is 1.48. The Bertz CT molecular complexity index is 956. The maximum absolute atomic E-state index is 12.9. The van der Waals surface area contributed by atoms with Gasteiger partial charge in [0.15, 0.2) is 5.78 Å². The monoisotopic (exact) mass is 288 g/mol. The van der Waals surface area contributed by atoms with Crippen LogP contribution in [0.3, 0.4) is 0 Å². The lowest BCUT2D eigenvalue weighted by atomic mass is 9.92. The normalized spacial score (nSPS) is 28.2. The SMILES string of the molecule is [2H]c1ccc2nc(C)n(C3([2H])CC([2H])C(=O)CC3=O)c(=O)c2c1N. The van der Waals surface area contributed by atoms with E-state index in [1.54, 1.807) is 0 Å². The molecule has 21 heavy (non-hydrogen) atoms. The van der Waals surface area contributed by atoms with Crippen LogP contribution in [0.25, 0.3) is 10.9 Å². The molecule has 2 unspecified atom stereocenters. The zero-order valence-corrected chi connectivity index (χ0v) is 11.3. The van der Waals surface area contributed by atoms with E-state index in [9.17, 15) is 14.4 Å². The van der Waals surface area contributed by atoms with Crippen LogP contribution in [0.15, 0.2) is 23.0 Å². The van der Waals surface area contributed by atoms with Gasteiger partial charge in [0.05, 0.1) is 26.1 Å². The van der Waals surface area contributed by atoms with Crippen molar-refractivity contribution in [2.75, 3.05) is 5.73 Å². The first-order valence-electron chi connectivity index (χ1n) is 8.01. The molecule has 108 valence electrons. The van der Waals surface area contributed by atoms with Crippen LogP contribution in [0.4, 0.5) is 5.69 Å². The summed E-state index contributed by atoms with van der Waals surface area (Å²) in [4.78, 5) is 41.0. The Morgan fingerprint density at radius 1 is 1.52 bits per heavy atom. The summed E-state index contributed by atoms with van der Waals surface area (Å²) in [5.41, 5.74) is 5.29. The molecule has 2 aromatic rings. The molecule has 1 aliphatic rings. The number of nitrogens with zero attached hydrogens (tertiary/aromatic N) is 2. The molecule has 0 spiro atoms. The summed E-state index contributed by atoms with van der Waals surface area (Å²) < 4.78 is 24.8. The van der Waals surface area contributed by atoms with E-state index in [-0.39, 0.29) is 28.5 Å². The first-order chi connectivity index (χ1) is 11.2. The lowest BCUT2D eigenvalue weighted by molar-refractivity contribution is -0.132. The Balaban J connectivity index is 2.34. The maximum atomic E-state index is 12.9. The molecule has 3 rings (SSSR count). The highest BCUT2D eigenvalue weighted by molar-refractivity contribution is 6.03. The molecule has 1 heterocycles. The zero-order valence-electron chi connectivity index (χ0n) is 14.3. The minimum absolute atomic E-state index is 0.0362. The fraction of sp³-hybridized carbons (Fsp3) is 0.333. The van der Waals surface area contributed by atoms with Gasteiger partial charge in [-0.1, -0.05) is 6.07 Å². The molecule has 2 atom stereocenters. The summed E-state index contributed by atoms with van der Waals surface area (Å²) in [5, 5.41) is -0.0362. The highest BCUT2D eigenvalue weighted by Crippen LogP contribution is 2.24. The van der Waals surface area contributed by atoms with Gasteiger partial charge in [-0.3, -0.25) is 19.0 Å². The standard InChI is InChI=1S/C15H15N3O3/c1-8-17-11-4-2-3-10(16)14(11)15(21)18(8)12-6-5-9(19)7-13(12)20/h2-4,12H,5-7,16H2,1H3/i3D,5D,12D. The van der Waals surface area contributed by atoms with Crippen LogP contribution in [0.5, 0.6) is 0 Å². The Kier molecular flexibility index (Phi) is 2.35. The third kappa shape index (κ3) is 2.12. The van der Waals surface area contributed by atoms with Gasteiger partial charge < -0.3 is 5.73 Å². The fourth-order valence-electron chi connectivity index (χ4n) is 2.50. The number of anilines is 1. The molecule has 0 aliphatic heterocycles. The zero-order chi connectivity index (χ0) is 17.8. The van der Waals surface area contributed by atoms with Gasteiger partial charge in [-0.25, -0.2) is 4.98 Å². The lowest BCUT2D eigenvalue weighted by Crippen LogP contribution is -2.36. The molecule has 6 nitrogen and oxygen atoms in total. The quantitative estimate of drug-likeness (QED) is 0.627. The topological polar surface area (TPSA) is 95.0 Å². The Labute approximate surface area is 124 Å². The van der Waals surface area contributed by atoms with E-state index in [2.05, 4.69) is 4.98 Å². The second kappa shape index (κ2) is 4.80. The van der Waals surface area contributed by atoms with Crippen molar-refractivity contribution in [3.63, 3.8) is 0 Å². The van der Waals surface area contributed by atoms with Crippen molar-refractivity contribution >= 4 is 28.2 Å². The molecule has 6 heteroatoms. The minimum Gasteiger partial charge on any atom is -0.398 e. The predicted octanol–water partition coefficient (Wildman–Crippen LogP) is 1.15. The van der Waals surface area contributed by atoms with Crippen LogP contribution in [-0.2, 0) is 9.59 Å². The summed E-state index contributed by atoms with van der Waals surface area (Å²) >= 11 is 0. The molecule has 0 amide bonds. The number of hydrogen-bond acceptors (Lipinski definition) is 5. The van der Waals surface area contributed by atoms with E-state index in [0.29, 0.717) is 0 Å². The van der Waals surface area contributed by atoms with E-state index in [1.165, 1.54) is 19.1 Å². The second-order valence-corrected chi connectivity index (χ2v) is 4.87. The number of benzene rings is 1. The number of aromatic nitrogens is 2. The fourth-order valence-corrected chi connectivity index (χ4v) is 2.50. The number of ketones is 2. The maximum Gasteiger partial charge on any atom is 0.264 e. The number of rotatable bonds is 1. The summed E-state index contributed by atoms with van der Waals surface area (Å²) in [6.07, 6.45) is -2.23. The van der Waals surface area contributed by atoms with Crippen LogP contribution < -0.4 is 11.3 Å². The van der Waals surface area contributed by atoms with Gasteiger partial charge in [0.2, 0.25) is 0 Å². The number of hydrogen-bond donors (Lipinski definition) is 1. The Morgan fingerprint density at radius 2 is 2.29 bits per heavy atom. The largest absolute Gasteiger partial charge is 0.398 e. The highest BCUT2D eigenvalue weighted by Gasteiger charge is 2.30. The number of carbonyl (C=O) groups excluding carboxylic acids is 2. The van der Waals surface area contributed by atoms with Crippen molar-refractivity contribution in [3.05, 3.63) is 34.4 Å². The van der Waals surface area contributed by atoms with Gasteiger partial charge >= 0.3 is 0 Å². The average Bonchev–Trinajstić information content (AvgIpc) is 2.49. The van der Waals surface area contributed by atoms with Gasteiger partial charge in [-0.05, 0) is 25.5 Å². The minimum atomic E-state index is -2.08. The predicted molar refractivity (Wildman–Crippen MR) is 78.1 cm³/mol. The van der Waals surface area contributed by atoms with Gasteiger partial charge in [0.1, 0.15) is 11.6 Å². The molecule has 2 N–H and O–H groups in total.